The summed E-state index contributed by atoms with van der Waals surface area (Å²) in [5, 5.41) is 14.2. The van der Waals surface area contributed by atoms with E-state index in [0.717, 1.165) is 27.6 Å². The van der Waals surface area contributed by atoms with Gasteiger partial charge in [-0.3, -0.25) is 4.79 Å². The third-order valence-corrected chi connectivity index (χ3v) is 4.70. The minimum Gasteiger partial charge on any atom is -0.507 e. The van der Waals surface area contributed by atoms with Crippen LogP contribution in [0.25, 0.3) is 32.7 Å². The smallest absolute Gasteiger partial charge is 0.335 e. The fraction of sp³-hybridized carbons (Fsp3) is 0. The highest BCUT2D eigenvalue weighted by Crippen LogP contribution is 2.46. The Labute approximate surface area is 161 Å². The molecule has 0 saturated carbocycles. The molecule has 4 nitrogen and oxygen atoms in total. The number of carbonyl (C=O) groups excluding carboxylic acids is 2. The van der Waals surface area contributed by atoms with Gasteiger partial charge in [0.15, 0.2) is 6.29 Å². The molecule has 0 heterocycles. The summed E-state index contributed by atoms with van der Waals surface area (Å²) in [6.45, 7) is 3.45. The molecule has 0 radical (unpaired) electrons. The van der Waals surface area contributed by atoms with E-state index in [1.165, 1.54) is 0 Å². The average molecular weight is 368 g/mol. The molecule has 4 heteroatoms. The summed E-state index contributed by atoms with van der Waals surface area (Å²) < 4.78 is 5.48. The van der Waals surface area contributed by atoms with E-state index >= 15 is 0 Å². The van der Waals surface area contributed by atoms with Gasteiger partial charge in [-0.1, -0.05) is 61.2 Å². The first kappa shape index (κ1) is 17.5. The molecular formula is C24H16O4. The van der Waals surface area contributed by atoms with Crippen molar-refractivity contribution in [2.24, 2.45) is 0 Å². The zero-order valence-corrected chi connectivity index (χ0v) is 14.9. The van der Waals surface area contributed by atoms with Gasteiger partial charge in [-0.25, -0.2) is 4.79 Å². The largest absolute Gasteiger partial charge is 0.507 e. The van der Waals surface area contributed by atoms with E-state index in [9.17, 15) is 14.7 Å². The van der Waals surface area contributed by atoms with Crippen molar-refractivity contribution in [1.29, 1.82) is 0 Å². The minimum absolute atomic E-state index is 0.152. The zero-order chi connectivity index (χ0) is 19.7. The summed E-state index contributed by atoms with van der Waals surface area (Å²) in [6.07, 6.45) is 1.70. The van der Waals surface area contributed by atoms with Crippen LogP contribution in [0.1, 0.15) is 10.4 Å². The molecule has 0 saturated heterocycles. The van der Waals surface area contributed by atoms with Crippen LogP contribution in [-0.2, 0) is 4.79 Å². The number of hydrogen-bond donors (Lipinski definition) is 1. The lowest BCUT2D eigenvalue weighted by molar-refractivity contribution is -0.128. The van der Waals surface area contributed by atoms with E-state index in [-0.39, 0.29) is 17.1 Å². The van der Waals surface area contributed by atoms with Gasteiger partial charge < -0.3 is 9.84 Å². The number of fused-ring (bicyclic) bond motifs is 2. The first-order valence-corrected chi connectivity index (χ1v) is 8.70. The molecule has 136 valence electrons. The van der Waals surface area contributed by atoms with Crippen molar-refractivity contribution in [1.82, 2.24) is 0 Å². The second kappa shape index (κ2) is 7.00. The molecule has 0 aliphatic carbocycles. The van der Waals surface area contributed by atoms with Crippen LogP contribution in [0.3, 0.4) is 0 Å². The number of phenols is 1. The first-order valence-electron chi connectivity index (χ1n) is 8.70. The number of benzene rings is 4. The maximum Gasteiger partial charge on any atom is 0.335 e. The van der Waals surface area contributed by atoms with Crippen molar-refractivity contribution in [2.45, 2.75) is 0 Å². The van der Waals surface area contributed by atoms with E-state index in [1.807, 2.05) is 54.6 Å². The van der Waals surface area contributed by atoms with Crippen LogP contribution < -0.4 is 4.74 Å². The molecule has 28 heavy (non-hydrogen) atoms. The van der Waals surface area contributed by atoms with Crippen LogP contribution in [0.5, 0.6) is 11.5 Å². The summed E-state index contributed by atoms with van der Waals surface area (Å²) >= 11 is 0. The summed E-state index contributed by atoms with van der Waals surface area (Å²) in [5.74, 6) is -0.472. The third-order valence-electron chi connectivity index (χ3n) is 4.70. The van der Waals surface area contributed by atoms with E-state index in [1.54, 1.807) is 12.1 Å². The molecule has 0 unspecified atom stereocenters. The SMILES string of the molecule is C=CC(=O)Oc1ccc2ccccc2c1-c1c(O)c(C=O)cc2ccccc12. The Hall–Kier alpha value is -3.92. The minimum atomic E-state index is -0.605. The van der Waals surface area contributed by atoms with Gasteiger partial charge >= 0.3 is 5.97 Å². The lowest BCUT2D eigenvalue weighted by atomic mass is 9.90. The first-order chi connectivity index (χ1) is 13.6. The van der Waals surface area contributed by atoms with E-state index in [4.69, 9.17) is 4.74 Å². The quantitative estimate of drug-likeness (QED) is 0.231. The maximum absolute atomic E-state index is 11.9. The second-order valence-electron chi connectivity index (χ2n) is 6.31. The molecule has 1 N–H and O–H groups in total. The van der Waals surface area contributed by atoms with Crippen molar-refractivity contribution in [3.05, 3.63) is 84.9 Å². The molecule has 0 aromatic heterocycles. The number of ether oxygens (including phenoxy) is 1. The van der Waals surface area contributed by atoms with Crippen LogP contribution in [0.2, 0.25) is 0 Å². The second-order valence-corrected chi connectivity index (χ2v) is 6.31. The Morgan fingerprint density at radius 3 is 2.21 bits per heavy atom. The molecule has 4 aromatic carbocycles. The van der Waals surface area contributed by atoms with Gasteiger partial charge in [0.05, 0.1) is 5.56 Å². The number of hydrogen-bond acceptors (Lipinski definition) is 4. The van der Waals surface area contributed by atoms with Crippen molar-refractivity contribution in [3.8, 4) is 22.6 Å². The molecule has 0 amide bonds. The molecular weight excluding hydrogens is 352 g/mol. The molecule has 0 fully saturated rings. The van der Waals surface area contributed by atoms with Gasteiger partial charge in [0, 0.05) is 17.2 Å². The highest BCUT2D eigenvalue weighted by Gasteiger charge is 2.21. The molecule has 4 aromatic rings. The van der Waals surface area contributed by atoms with Gasteiger partial charge in [0.2, 0.25) is 0 Å². The molecule has 4 rings (SSSR count). The number of phenolic OH excluding ortho intramolecular Hbond substituents is 1. The normalized spacial score (nSPS) is 10.7. The van der Waals surface area contributed by atoms with E-state index < -0.39 is 5.97 Å². The summed E-state index contributed by atoms with van der Waals surface area (Å²) in [6, 6.07) is 20.2. The lowest BCUT2D eigenvalue weighted by Crippen LogP contribution is -2.05. The van der Waals surface area contributed by atoms with Crippen LogP contribution in [0.15, 0.2) is 79.4 Å². The molecule has 0 atom stereocenters. The number of esters is 1. The predicted octanol–water partition coefficient (Wildman–Crippen LogP) is 5.27. The monoisotopic (exact) mass is 368 g/mol. The summed E-state index contributed by atoms with van der Waals surface area (Å²) in [7, 11) is 0. The van der Waals surface area contributed by atoms with E-state index in [2.05, 4.69) is 6.58 Å². The Balaban J connectivity index is 2.18. The fourth-order valence-electron chi connectivity index (χ4n) is 3.45. The molecule has 0 aliphatic rings. The molecule has 0 aliphatic heterocycles. The van der Waals surface area contributed by atoms with Crippen LogP contribution >= 0.6 is 0 Å². The highest BCUT2D eigenvalue weighted by molar-refractivity contribution is 6.12. The average Bonchev–Trinajstić information content (AvgIpc) is 2.73. The topological polar surface area (TPSA) is 63.6 Å². The summed E-state index contributed by atoms with van der Waals surface area (Å²) in [5.41, 5.74) is 1.16. The number of rotatable bonds is 4. The van der Waals surface area contributed by atoms with Gasteiger partial charge in [-0.2, -0.15) is 0 Å². The predicted molar refractivity (Wildman–Crippen MR) is 110 cm³/mol. The van der Waals surface area contributed by atoms with E-state index in [0.29, 0.717) is 17.4 Å². The Bertz CT molecular complexity index is 1250. The van der Waals surface area contributed by atoms with Crippen LogP contribution in [0.4, 0.5) is 0 Å². The van der Waals surface area contributed by atoms with Crippen LogP contribution in [-0.4, -0.2) is 17.4 Å². The third kappa shape index (κ3) is 2.81. The molecule has 0 bridgehead atoms. The Morgan fingerprint density at radius 1 is 0.893 bits per heavy atom. The standard InChI is InChI=1S/C24H16O4/c1-2-21(26)28-20-12-11-15-7-3-5-9-18(15)22(20)23-19-10-6-4-8-16(19)13-17(14-25)24(23)27/h2-14,27H,1H2. The number of aromatic hydroxyl groups is 1. The highest BCUT2D eigenvalue weighted by atomic mass is 16.5. The Morgan fingerprint density at radius 2 is 1.54 bits per heavy atom. The maximum atomic E-state index is 11.9. The van der Waals surface area contributed by atoms with Gasteiger partial charge in [-0.05, 0) is 33.7 Å². The van der Waals surface area contributed by atoms with Gasteiger partial charge in [0.1, 0.15) is 11.5 Å². The van der Waals surface area contributed by atoms with Crippen molar-refractivity contribution in [3.63, 3.8) is 0 Å². The van der Waals surface area contributed by atoms with Crippen molar-refractivity contribution < 1.29 is 19.4 Å². The molecule has 0 spiro atoms. The zero-order valence-electron chi connectivity index (χ0n) is 14.9. The van der Waals surface area contributed by atoms with Gasteiger partial charge in [-0.15, -0.1) is 0 Å². The van der Waals surface area contributed by atoms with Crippen LogP contribution in [0, 0.1) is 0 Å². The fourth-order valence-corrected chi connectivity index (χ4v) is 3.45. The Kier molecular flexibility index (Phi) is 4.38. The number of carbonyl (C=O) groups is 2. The van der Waals surface area contributed by atoms with Crippen molar-refractivity contribution in [2.75, 3.05) is 0 Å². The lowest BCUT2D eigenvalue weighted by Gasteiger charge is -2.17. The van der Waals surface area contributed by atoms with Gasteiger partial charge in [0.25, 0.3) is 0 Å². The van der Waals surface area contributed by atoms with Crippen molar-refractivity contribution >= 4 is 33.8 Å². The number of aldehydes is 1. The summed E-state index contributed by atoms with van der Waals surface area (Å²) in [4.78, 5) is 23.5.